The average molecular weight is 320 g/mol. The highest BCUT2D eigenvalue weighted by Gasteiger charge is 2.10. The molecule has 2 rings (SSSR count). The van der Waals surface area contributed by atoms with E-state index in [0.717, 1.165) is 28.2 Å². The molecule has 0 bridgehead atoms. The van der Waals surface area contributed by atoms with Crippen molar-refractivity contribution < 1.29 is 4.79 Å². The molecule has 0 spiro atoms. The Morgan fingerprint density at radius 3 is 2.57 bits per heavy atom. The maximum atomic E-state index is 12.3. The summed E-state index contributed by atoms with van der Waals surface area (Å²) in [7, 11) is 0. The minimum Gasteiger partial charge on any atom is -0.348 e. The summed E-state index contributed by atoms with van der Waals surface area (Å²) < 4.78 is 0. The van der Waals surface area contributed by atoms with Crippen molar-refractivity contribution in [3.05, 3.63) is 64.7 Å². The molecule has 0 heterocycles. The standard InChI is InChI=1S/C17H18ClNOS/c1-2-11-21-16-6-4-3-5-15(16)17(20)19-12-13-7-9-14(18)10-8-13/h3-10H,2,11-12H2,1H3,(H,19,20). The fraction of sp³-hybridized carbons (Fsp3) is 0.235. The number of rotatable bonds is 6. The molecule has 2 nitrogen and oxygen atoms in total. The lowest BCUT2D eigenvalue weighted by atomic mass is 10.2. The molecule has 0 atom stereocenters. The lowest BCUT2D eigenvalue weighted by molar-refractivity contribution is 0.0948. The number of halogens is 1. The molecule has 0 aliphatic heterocycles. The lowest BCUT2D eigenvalue weighted by Gasteiger charge is -2.09. The van der Waals surface area contributed by atoms with Crippen molar-refractivity contribution in [1.29, 1.82) is 0 Å². The highest BCUT2D eigenvalue weighted by Crippen LogP contribution is 2.23. The normalized spacial score (nSPS) is 10.4. The molecule has 0 aromatic heterocycles. The quantitative estimate of drug-likeness (QED) is 0.777. The van der Waals surface area contributed by atoms with Crippen LogP contribution in [0.2, 0.25) is 5.02 Å². The molecule has 0 aliphatic rings. The van der Waals surface area contributed by atoms with E-state index in [2.05, 4.69) is 12.2 Å². The zero-order valence-electron chi connectivity index (χ0n) is 11.9. The van der Waals surface area contributed by atoms with Crippen LogP contribution in [0.4, 0.5) is 0 Å². The Bertz CT molecular complexity index is 598. The van der Waals surface area contributed by atoms with Crippen molar-refractivity contribution in [2.24, 2.45) is 0 Å². The van der Waals surface area contributed by atoms with Gasteiger partial charge in [0, 0.05) is 16.5 Å². The first-order valence-corrected chi connectivity index (χ1v) is 8.31. The minimum atomic E-state index is -0.0378. The van der Waals surface area contributed by atoms with Crippen molar-refractivity contribution in [2.75, 3.05) is 5.75 Å². The van der Waals surface area contributed by atoms with Crippen LogP contribution in [0.25, 0.3) is 0 Å². The van der Waals surface area contributed by atoms with Gasteiger partial charge in [0.15, 0.2) is 0 Å². The Morgan fingerprint density at radius 2 is 1.86 bits per heavy atom. The van der Waals surface area contributed by atoms with Gasteiger partial charge in [-0.1, -0.05) is 42.8 Å². The van der Waals surface area contributed by atoms with Crippen LogP contribution in [0.5, 0.6) is 0 Å². The molecular weight excluding hydrogens is 302 g/mol. The van der Waals surface area contributed by atoms with Crippen molar-refractivity contribution in [3.63, 3.8) is 0 Å². The molecule has 110 valence electrons. The first kappa shape index (κ1) is 15.9. The Balaban J connectivity index is 2.01. The van der Waals surface area contributed by atoms with Crippen molar-refractivity contribution in [2.45, 2.75) is 24.8 Å². The zero-order valence-corrected chi connectivity index (χ0v) is 13.5. The summed E-state index contributed by atoms with van der Waals surface area (Å²) >= 11 is 7.57. The van der Waals surface area contributed by atoms with E-state index in [1.54, 1.807) is 11.8 Å². The Labute approximate surface area is 134 Å². The van der Waals surface area contributed by atoms with E-state index in [1.807, 2.05) is 48.5 Å². The number of hydrogen-bond donors (Lipinski definition) is 1. The highest BCUT2D eigenvalue weighted by atomic mass is 35.5. The van der Waals surface area contributed by atoms with Crippen LogP contribution in [0.15, 0.2) is 53.4 Å². The smallest absolute Gasteiger partial charge is 0.252 e. The third-order valence-electron chi connectivity index (χ3n) is 2.96. The summed E-state index contributed by atoms with van der Waals surface area (Å²) in [6.45, 7) is 2.64. The molecule has 2 aromatic rings. The Kier molecular flexibility index (Phi) is 6.15. The van der Waals surface area contributed by atoms with Crippen molar-refractivity contribution in [3.8, 4) is 0 Å². The summed E-state index contributed by atoms with van der Waals surface area (Å²) in [6.07, 6.45) is 1.09. The van der Waals surface area contributed by atoms with Crippen LogP contribution in [-0.2, 0) is 6.54 Å². The number of carbonyl (C=O) groups is 1. The first-order valence-electron chi connectivity index (χ1n) is 6.95. The molecule has 0 radical (unpaired) electrons. The number of thioether (sulfide) groups is 1. The van der Waals surface area contributed by atoms with Gasteiger partial charge in [-0.25, -0.2) is 0 Å². The maximum absolute atomic E-state index is 12.3. The van der Waals surface area contributed by atoms with E-state index in [9.17, 15) is 4.79 Å². The minimum absolute atomic E-state index is 0.0378. The van der Waals surface area contributed by atoms with Crippen LogP contribution in [0.3, 0.4) is 0 Å². The van der Waals surface area contributed by atoms with Crippen LogP contribution in [0.1, 0.15) is 29.3 Å². The van der Waals surface area contributed by atoms with Crippen LogP contribution in [-0.4, -0.2) is 11.7 Å². The van der Waals surface area contributed by atoms with E-state index in [-0.39, 0.29) is 5.91 Å². The third kappa shape index (κ3) is 4.80. The van der Waals surface area contributed by atoms with Gasteiger partial charge < -0.3 is 5.32 Å². The highest BCUT2D eigenvalue weighted by molar-refractivity contribution is 7.99. The zero-order chi connectivity index (χ0) is 15.1. The van der Waals surface area contributed by atoms with Crippen molar-refractivity contribution >= 4 is 29.3 Å². The van der Waals surface area contributed by atoms with Gasteiger partial charge in [0.1, 0.15) is 0 Å². The molecule has 21 heavy (non-hydrogen) atoms. The van der Waals surface area contributed by atoms with Crippen LogP contribution >= 0.6 is 23.4 Å². The summed E-state index contributed by atoms with van der Waals surface area (Å²) in [4.78, 5) is 13.4. The molecule has 0 unspecified atom stereocenters. The molecule has 0 aliphatic carbocycles. The predicted octanol–water partition coefficient (Wildman–Crippen LogP) is 4.77. The molecule has 0 saturated heterocycles. The third-order valence-corrected chi connectivity index (χ3v) is 4.49. The Morgan fingerprint density at radius 1 is 1.14 bits per heavy atom. The second-order valence-corrected chi connectivity index (χ2v) is 6.23. The molecule has 4 heteroatoms. The predicted molar refractivity (Wildman–Crippen MR) is 90.1 cm³/mol. The van der Waals surface area contributed by atoms with Gasteiger partial charge in [-0.2, -0.15) is 0 Å². The second-order valence-electron chi connectivity index (χ2n) is 4.65. The van der Waals surface area contributed by atoms with E-state index >= 15 is 0 Å². The molecule has 2 aromatic carbocycles. The van der Waals surface area contributed by atoms with Gasteiger partial charge in [-0.15, -0.1) is 11.8 Å². The first-order chi connectivity index (χ1) is 10.2. The van der Waals surface area contributed by atoms with Gasteiger partial charge in [-0.05, 0) is 42.0 Å². The number of hydrogen-bond acceptors (Lipinski definition) is 2. The van der Waals surface area contributed by atoms with E-state index in [0.29, 0.717) is 11.6 Å². The Hall–Kier alpha value is -1.45. The molecule has 1 N–H and O–H groups in total. The van der Waals surface area contributed by atoms with Gasteiger partial charge in [0.2, 0.25) is 0 Å². The van der Waals surface area contributed by atoms with Gasteiger partial charge in [0.25, 0.3) is 5.91 Å². The fourth-order valence-electron chi connectivity index (χ4n) is 1.87. The number of nitrogens with one attached hydrogen (secondary N) is 1. The molecule has 0 fully saturated rings. The monoisotopic (exact) mass is 319 g/mol. The summed E-state index contributed by atoms with van der Waals surface area (Å²) in [5.74, 6) is 0.978. The van der Waals surface area contributed by atoms with Crippen LogP contribution in [0, 0.1) is 0 Å². The number of amides is 1. The molecular formula is C17H18ClNOS. The van der Waals surface area contributed by atoms with E-state index < -0.39 is 0 Å². The van der Waals surface area contributed by atoms with Crippen LogP contribution < -0.4 is 5.32 Å². The molecule has 1 amide bonds. The topological polar surface area (TPSA) is 29.1 Å². The number of carbonyl (C=O) groups excluding carboxylic acids is 1. The summed E-state index contributed by atoms with van der Waals surface area (Å²) in [5.41, 5.74) is 1.77. The van der Waals surface area contributed by atoms with Gasteiger partial charge in [0.05, 0.1) is 5.56 Å². The SMILES string of the molecule is CCCSc1ccccc1C(=O)NCc1ccc(Cl)cc1. The summed E-state index contributed by atoms with van der Waals surface area (Å²) in [5, 5.41) is 3.66. The number of benzene rings is 2. The van der Waals surface area contributed by atoms with Gasteiger partial charge >= 0.3 is 0 Å². The van der Waals surface area contributed by atoms with Crippen molar-refractivity contribution in [1.82, 2.24) is 5.32 Å². The lowest BCUT2D eigenvalue weighted by Crippen LogP contribution is -2.23. The maximum Gasteiger partial charge on any atom is 0.252 e. The largest absolute Gasteiger partial charge is 0.348 e. The van der Waals surface area contributed by atoms with E-state index in [4.69, 9.17) is 11.6 Å². The second kappa shape index (κ2) is 8.11. The average Bonchev–Trinajstić information content (AvgIpc) is 2.52. The van der Waals surface area contributed by atoms with Gasteiger partial charge in [-0.3, -0.25) is 4.79 Å². The fourth-order valence-corrected chi connectivity index (χ4v) is 2.91. The summed E-state index contributed by atoms with van der Waals surface area (Å²) in [6, 6.07) is 15.2. The molecule has 0 saturated carbocycles. The van der Waals surface area contributed by atoms with E-state index in [1.165, 1.54) is 0 Å².